The second kappa shape index (κ2) is 7.03. The molecule has 0 saturated heterocycles. The summed E-state index contributed by atoms with van der Waals surface area (Å²) in [6.07, 6.45) is 0. The Hall–Kier alpha value is -2.28. The maximum absolute atomic E-state index is 13.0. The molecule has 0 bridgehead atoms. The predicted molar refractivity (Wildman–Crippen MR) is 105 cm³/mol. The van der Waals surface area contributed by atoms with Gasteiger partial charge in [0.1, 0.15) is 5.75 Å². The van der Waals surface area contributed by atoms with Gasteiger partial charge in [0.25, 0.3) is 0 Å². The number of hydrogen-bond acceptors (Lipinski definition) is 3. The quantitative estimate of drug-likeness (QED) is 0.662. The average molecular weight is 403 g/mol. The van der Waals surface area contributed by atoms with E-state index in [2.05, 4.69) is 4.57 Å². The molecule has 1 aliphatic rings. The van der Waals surface area contributed by atoms with Gasteiger partial charge in [-0.25, -0.2) is 8.42 Å². The Morgan fingerprint density at radius 3 is 2.37 bits per heavy atom. The molecule has 0 amide bonds. The van der Waals surface area contributed by atoms with E-state index in [-0.39, 0.29) is 4.90 Å². The van der Waals surface area contributed by atoms with Gasteiger partial charge < -0.3 is 9.30 Å². The van der Waals surface area contributed by atoms with Gasteiger partial charge in [-0.05, 0) is 35.9 Å². The van der Waals surface area contributed by atoms with E-state index < -0.39 is 10.0 Å². The zero-order valence-electron chi connectivity index (χ0n) is 14.8. The molecule has 3 aromatic rings. The van der Waals surface area contributed by atoms with Crippen LogP contribution in [0.2, 0.25) is 5.02 Å². The molecule has 1 aliphatic heterocycles. The van der Waals surface area contributed by atoms with Crippen LogP contribution in [0.1, 0.15) is 5.69 Å². The molecule has 0 unspecified atom stereocenters. The fraction of sp³-hybridized carbons (Fsp3) is 0.200. The first-order valence-corrected chi connectivity index (χ1v) is 10.4. The van der Waals surface area contributed by atoms with Gasteiger partial charge in [0, 0.05) is 18.8 Å². The second-order valence-electron chi connectivity index (χ2n) is 6.36. The monoisotopic (exact) mass is 402 g/mol. The number of hydrogen-bond donors (Lipinski definition) is 0. The Bertz CT molecular complexity index is 1060. The van der Waals surface area contributed by atoms with E-state index >= 15 is 0 Å². The highest BCUT2D eigenvalue weighted by molar-refractivity contribution is 7.89. The summed E-state index contributed by atoms with van der Waals surface area (Å²) in [5.74, 6) is 0.626. The van der Waals surface area contributed by atoms with Crippen molar-refractivity contribution in [3.8, 4) is 17.0 Å². The summed E-state index contributed by atoms with van der Waals surface area (Å²) in [6.45, 7) is 1.24. The molecule has 0 aliphatic carbocycles. The molecule has 0 fully saturated rings. The van der Waals surface area contributed by atoms with Crippen molar-refractivity contribution in [1.29, 1.82) is 0 Å². The second-order valence-corrected chi connectivity index (χ2v) is 8.71. The topological polar surface area (TPSA) is 51.5 Å². The molecule has 27 heavy (non-hydrogen) atoms. The van der Waals surface area contributed by atoms with Crippen LogP contribution in [0, 0.1) is 0 Å². The maximum Gasteiger partial charge on any atom is 0.243 e. The van der Waals surface area contributed by atoms with Crippen molar-refractivity contribution in [3.05, 3.63) is 71.4 Å². The van der Waals surface area contributed by atoms with Crippen molar-refractivity contribution in [1.82, 2.24) is 8.87 Å². The molecule has 1 aromatic heterocycles. The van der Waals surface area contributed by atoms with Crippen LogP contribution in [-0.2, 0) is 23.1 Å². The molecule has 2 aromatic carbocycles. The number of sulfonamides is 1. The van der Waals surface area contributed by atoms with Crippen molar-refractivity contribution in [2.75, 3.05) is 13.7 Å². The molecule has 0 spiro atoms. The summed E-state index contributed by atoms with van der Waals surface area (Å²) in [4.78, 5) is 0.262. The highest BCUT2D eigenvalue weighted by Crippen LogP contribution is 2.34. The van der Waals surface area contributed by atoms with Gasteiger partial charge >= 0.3 is 0 Å². The Morgan fingerprint density at radius 2 is 1.70 bits per heavy atom. The molecule has 140 valence electrons. The lowest BCUT2D eigenvalue weighted by Gasteiger charge is -2.29. The van der Waals surface area contributed by atoms with E-state index in [4.69, 9.17) is 16.3 Å². The lowest BCUT2D eigenvalue weighted by Crippen LogP contribution is -2.38. The van der Waals surface area contributed by atoms with Crippen LogP contribution < -0.4 is 4.74 Å². The third kappa shape index (κ3) is 3.25. The largest absolute Gasteiger partial charge is 0.497 e. The molecule has 0 atom stereocenters. The van der Waals surface area contributed by atoms with Crippen molar-refractivity contribution < 1.29 is 13.2 Å². The zero-order chi connectivity index (χ0) is 19.0. The number of nitrogens with zero attached hydrogens (tertiary/aromatic N) is 2. The number of rotatable bonds is 4. The summed E-state index contributed by atoms with van der Waals surface area (Å²) < 4.78 is 34.7. The summed E-state index contributed by atoms with van der Waals surface area (Å²) in [7, 11) is -2.02. The Balaban J connectivity index is 1.65. The van der Waals surface area contributed by atoms with Gasteiger partial charge in [-0.1, -0.05) is 41.9 Å². The van der Waals surface area contributed by atoms with Gasteiger partial charge in [0.15, 0.2) is 0 Å². The molecule has 0 N–H and O–H groups in total. The zero-order valence-corrected chi connectivity index (χ0v) is 16.4. The summed E-state index contributed by atoms with van der Waals surface area (Å²) in [5, 5.41) is 0.639. The average Bonchev–Trinajstić information content (AvgIpc) is 3.03. The van der Waals surface area contributed by atoms with E-state index in [1.165, 1.54) is 4.31 Å². The van der Waals surface area contributed by atoms with Crippen LogP contribution in [0.3, 0.4) is 0 Å². The first-order chi connectivity index (χ1) is 13.0. The summed E-state index contributed by atoms with van der Waals surface area (Å²) in [6, 6.07) is 18.2. The van der Waals surface area contributed by atoms with E-state index in [1.807, 2.05) is 36.4 Å². The molecule has 4 rings (SSSR count). The Morgan fingerprint density at radius 1 is 1.00 bits per heavy atom. The number of fused-ring (bicyclic) bond motifs is 1. The molecule has 2 heterocycles. The third-order valence-electron chi connectivity index (χ3n) is 4.79. The van der Waals surface area contributed by atoms with Gasteiger partial charge in [-0.2, -0.15) is 4.31 Å². The highest BCUT2D eigenvalue weighted by atomic mass is 35.5. The van der Waals surface area contributed by atoms with Crippen LogP contribution in [0.15, 0.2) is 65.6 Å². The number of aromatic nitrogens is 1. The molecule has 0 radical (unpaired) electrons. The van der Waals surface area contributed by atoms with Crippen molar-refractivity contribution >= 4 is 21.6 Å². The number of ether oxygens (including phenoxy) is 1. The lowest BCUT2D eigenvalue weighted by molar-refractivity contribution is 0.343. The predicted octanol–water partition coefficient (Wildman–Crippen LogP) is 4.02. The molecule has 5 nitrogen and oxygen atoms in total. The van der Waals surface area contributed by atoms with Crippen LogP contribution >= 0.6 is 11.6 Å². The van der Waals surface area contributed by atoms with Crippen LogP contribution in [0.4, 0.5) is 0 Å². The van der Waals surface area contributed by atoms with Gasteiger partial charge in [-0.15, -0.1) is 0 Å². The normalized spacial score (nSPS) is 14.7. The van der Waals surface area contributed by atoms with Crippen molar-refractivity contribution in [2.24, 2.45) is 0 Å². The van der Waals surface area contributed by atoms with Crippen molar-refractivity contribution in [2.45, 2.75) is 18.0 Å². The van der Waals surface area contributed by atoms with Crippen LogP contribution in [0.25, 0.3) is 11.3 Å². The van der Waals surface area contributed by atoms with Gasteiger partial charge in [-0.3, -0.25) is 0 Å². The standard InChI is InChI=1S/C20H19ClN2O3S/c1-26-17-7-9-18(10-8-17)27(24,25)22-11-12-23-16(14-22)13-19(21)20(23)15-5-3-2-4-6-15/h2-10,13H,11-12,14H2,1H3. The number of halogens is 1. The minimum Gasteiger partial charge on any atom is -0.497 e. The number of benzene rings is 2. The molecule has 7 heteroatoms. The SMILES string of the molecule is COc1ccc(S(=O)(=O)N2CCn3c(cc(Cl)c3-c3ccccc3)C2)cc1. The fourth-order valence-electron chi connectivity index (χ4n) is 3.41. The minimum absolute atomic E-state index is 0.262. The van der Waals surface area contributed by atoms with Crippen LogP contribution in [0.5, 0.6) is 5.75 Å². The molecular formula is C20H19ClN2O3S. The first kappa shape index (κ1) is 18.1. The van der Waals surface area contributed by atoms with Crippen molar-refractivity contribution in [3.63, 3.8) is 0 Å². The maximum atomic E-state index is 13.0. The van der Waals surface area contributed by atoms with E-state index in [0.29, 0.717) is 30.4 Å². The first-order valence-electron chi connectivity index (χ1n) is 8.58. The number of methoxy groups -OCH3 is 1. The smallest absolute Gasteiger partial charge is 0.243 e. The van der Waals surface area contributed by atoms with Crippen LogP contribution in [-0.4, -0.2) is 30.9 Å². The van der Waals surface area contributed by atoms with E-state index in [0.717, 1.165) is 17.0 Å². The Labute approximate surface area is 163 Å². The lowest BCUT2D eigenvalue weighted by atomic mass is 10.1. The minimum atomic E-state index is -3.58. The molecule has 0 saturated carbocycles. The third-order valence-corrected chi connectivity index (χ3v) is 6.94. The Kier molecular flexibility index (Phi) is 4.72. The van der Waals surface area contributed by atoms with Gasteiger partial charge in [0.2, 0.25) is 10.0 Å². The van der Waals surface area contributed by atoms with Gasteiger partial charge in [0.05, 0.1) is 29.3 Å². The summed E-state index contributed by atoms with van der Waals surface area (Å²) in [5.41, 5.74) is 2.86. The summed E-state index contributed by atoms with van der Waals surface area (Å²) >= 11 is 6.48. The highest BCUT2D eigenvalue weighted by Gasteiger charge is 2.30. The fourth-order valence-corrected chi connectivity index (χ4v) is 5.15. The molecular weight excluding hydrogens is 384 g/mol. The van der Waals surface area contributed by atoms with E-state index in [1.54, 1.807) is 31.4 Å². The van der Waals surface area contributed by atoms with E-state index in [9.17, 15) is 8.42 Å².